The highest BCUT2D eigenvalue weighted by molar-refractivity contribution is 5.19. The van der Waals surface area contributed by atoms with Crippen molar-refractivity contribution in [3.8, 4) is 17.2 Å². The average molecular weight is 326 g/mol. The number of rotatable bonds is 0. The van der Waals surface area contributed by atoms with E-state index in [0.717, 1.165) is 0 Å². The van der Waals surface area contributed by atoms with Crippen LogP contribution in [-0.4, -0.2) is 15.3 Å². The van der Waals surface area contributed by atoms with Gasteiger partial charge in [-0.15, -0.1) is 0 Å². The van der Waals surface area contributed by atoms with Crippen molar-refractivity contribution in [3.63, 3.8) is 0 Å². The normalized spacial score (nSPS) is 8.25. The van der Waals surface area contributed by atoms with Gasteiger partial charge in [0.25, 0.3) is 0 Å². The minimum absolute atomic E-state index is 0.322. The Hall–Kier alpha value is -2.94. The van der Waals surface area contributed by atoms with Crippen molar-refractivity contribution in [1.29, 1.82) is 0 Å². The summed E-state index contributed by atoms with van der Waals surface area (Å²) < 4.78 is 0. The predicted octanol–water partition coefficient (Wildman–Crippen LogP) is 5.59. The minimum Gasteiger partial charge on any atom is -0.508 e. The number of phenolic OH excluding ortho intramolecular Hbond substituents is 3. The lowest BCUT2D eigenvalue weighted by molar-refractivity contribution is 0.475. The molecule has 0 aromatic heterocycles. The molecule has 0 aliphatic carbocycles. The van der Waals surface area contributed by atoms with Gasteiger partial charge in [-0.2, -0.15) is 0 Å². The molecular weight excluding hydrogens is 300 g/mol. The molecule has 0 saturated heterocycles. The third-order valence-corrected chi connectivity index (χ3v) is 2.27. The molecular formula is C21H26O3. The Morgan fingerprint density at radius 3 is 0.708 bits per heavy atom. The first-order valence-corrected chi connectivity index (χ1v) is 7.82. The van der Waals surface area contributed by atoms with Crippen LogP contribution in [0.2, 0.25) is 0 Å². The second-order valence-corrected chi connectivity index (χ2v) is 4.71. The third-order valence-electron chi connectivity index (χ3n) is 2.27. The molecule has 128 valence electrons. The van der Waals surface area contributed by atoms with E-state index in [4.69, 9.17) is 15.3 Å². The standard InChI is InChI=1S/3C6H6O.C3H8/c3*7-6-4-2-1-3-5-6;1-3-2/h3*1-5,7H;3H2,1-2H3. The molecule has 0 saturated carbocycles. The molecule has 0 fully saturated rings. The lowest BCUT2D eigenvalue weighted by atomic mass is 10.3. The molecule has 0 bridgehead atoms. The minimum atomic E-state index is 0.322. The summed E-state index contributed by atoms with van der Waals surface area (Å²) in [6, 6.07) is 26.1. The van der Waals surface area contributed by atoms with E-state index in [0.29, 0.717) is 17.2 Å². The maximum Gasteiger partial charge on any atom is 0.115 e. The van der Waals surface area contributed by atoms with Gasteiger partial charge in [0.05, 0.1) is 0 Å². The van der Waals surface area contributed by atoms with Crippen LogP contribution >= 0.6 is 0 Å². The summed E-state index contributed by atoms with van der Waals surface area (Å²) in [5.74, 6) is 0.965. The number of hydrogen-bond donors (Lipinski definition) is 3. The monoisotopic (exact) mass is 326 g/mol. The van der Waals surface area contributed by atoms with Gasteiger partial charge < -0.3 is 15.3 Å². The fourth-order valence-corrected chi connectivity index (χ4v) is 1.28. The molecule has 3 aromatic rings. The van der Waals surface area contributed by atoms with Crippen molar-refractivity contribution in [1.82, 2.24) is 0 Å². The highest BCUT2D eigenvalue weighted by Crippen LogP contribution is 2.04. The largest absolute Gasteiger partial charge is 0.508 e. The molecule has 0 amide bonds. The van der Waals surface area contributed by atoms with Crippen molar-refractivity contribution >= 4 is 0 Å². The van der Waals surface area contributed by atoms with Gasteiger partial charge in [0.2, 0.25) is 0 Å². The van der Waals surface area contributed by atoms with E-state index in [1.54, 1.807) is 72.8 Å². The molecule has 0 heterocycles. The van der Waals surface area contributed by atoms with Crippen LogP contribution in [0.15, 0.2) is 91.0 Å². The fraction of sp³-hybridized carbons (Fsp3) is 0.143. The molecule has 0 radical (unpaired) electrons. The highest BCUT2D eigenvalue weighted by atomic mass is 16.3. The predicted molar refractivity (Wildman–Crippen MR) is 100 cm³/mol. The van der Waals surface area contributed by atoms with E-state index in [1.807, 2.05) is 18.2 Å². The summed E-state index contributed by atoms with van der Waals surface area (Å²) in [5.41, 5.74) is 0. The maximum atomic E-state index is 8.63. The summed E-state index contributed by atoms with van der Waals surface area (Å²) in [5, 5.41) is 25.9. The first kappa shape index (κ1) is 21.1. The van der Waals surface area contributed by atoms with Gasteiger partial charge in [-0.3, -0.25) is 0 Å². The Morgan fingerprint density at radius 1 is 0.458 bits per heavy atom. The van der Waals surface area contributed by atoms with E-state index in [2.05, 4.69) is 13.8 Å². The Morgan fingerprint density at radius 2 is 0.625 bits per heavy atom. The second kappa shape index (κ2) is 15.0. The summed E-state index contributed by atoms with van der Waals surface area (Å²) in [4.78, 5) is 0. The van der Waals surface area contributed by atoms with Gasteiger partial charge in [0.1, 0.15) is 17.2 Å². The second-order valence-electron chi connectivity index (χ2n) is 4.71. The molecule has 3 aromatic carbocycles. The van der Waals surface area contributed by atoms with Gasteiger partial charge >= 0.3 is 0 Å². The average Bonchev–Trinajstić information content (AvgIpc) is 2.59. The van der Waals surface area contributed by atoms with Gasteiger partial charge in [0.15, 0.2) is 0 Å². The molecule has 0 aliphatic heterocycles. The lowest BCUT2D eigenvalue weighted by Gasteiger charge is -1.82. The van der Waals surface area contributed by atoms with Crippen molar-refractivity contribution in [2.24, 2.45) is 0 Å². The van der Waals surface area contributed by atoms with Crippen molar-refractivity contribution in [2.75, 3.05) is 0 Å². The van der Waals surface area contributed by atoms with E-state index < -0.39 is 0 Å². The Bertz CT molecular complexity index is 507. The third kappa shape index (κ3) is 14.0. The van der Waals surface area contributed by atoms with E-state index in [1.165, 1.54) is 6.42 Å². The number of benzene rings is 3. The molecule has 3 rings (SSSR count). The molecule has 0 spiro atoms. The summed E-state index contributed by atoms with van der Waals surface area (Å²) in [6.07, 6.45) is 1.25. The molecule has 3 heteroatoms. The Balaban J connectivity index is 0.000000306. The van der Waals surface area contributed by atoms with Crippen LogP contribution in [0.4, 0.5) is 0 Å². The van der Waals surface area contributed by atoms with Crippen LogP contribution in [0.3, 0.4) is 0 Å². The fourth-order valence-electron chi connectivity index (χ4n) is 1.28. The van der Waals surface area contributed by atoms with Gasteiger partial charge in [-0.1, -0.05) is 74.9 Å². The van der Waals surface area contributed by atoms with Crippen molar-refractivity contribution in [3.05, 3.63) is 91.0 Å². The zero-order chi connectivity index (χ0) is 18.0. The highest BCUT2D eigenvalue weighted by Gasteiger charge is 1.76. The Labute approximate surface area is 144 Å². The topological polar surface area (TPSA) is 60.7 Å². The van der Waals surface area contributed by atoms with Crippen molar-refractivity contribution < 1.29 is 15.3 Å². The first-order chi connectivity index (χ1) is 11.6. The quantitative estimate of drug-likeness (QED) is 0.504. The summed E-state index contributed by atoms with van der Waals surface area (Å²) in [6.45, 7) is 4.25. The summed E-state index contributed by atoms with van der Waals surface area (Å²) >= 11 is 0. The van der Waals surface area contributed by atoms with E-state index in [-0.39, 0.29) is 0 Å². The number of hydrogen-bond acceptors (Lipinski definition) is 3. The Kier molecular flexibility index (Phi) is 13.1. The zero-order valence-corrected chi connectivity index (χ0v) is 14.2. The van der Waals surface area contributed by atoms with Crippen molar-refractivity contribution in [2.45, 2.75) is 20.3 Å². The van der Waals surface area contributed by atoms with Crippen LogP contribution in [0.5, 0.6) is 17.2 Å². The molecule has 0 unspecified atom stereocenters. The van der Waals surface area contributed by atoms with Gasteiger partial charge in [0, 0.05) is 0 Å². The molecule has 24 heavy (non-hydrogen) atoms. The molecule has 3 nitrogen and oxygen atoms in total. The number of phenols is 3. The molecule has 3 N–H and O–H groups in total. The van der Waals surface area contributed by atoms with Crippen LogP contribution in [0, 0.1) is 0 Å². The lowest BCUT2D eigenvalue weighted by Crippen LogP contribution is -1.56. The van der Waals surface area contributed by atoms with Gasteiger partial charge in [-0.05, 0) is 36.4 Å². The first-order valence-electron chi connectivity index (χ1n) is 7.82. The zero-order valence-electron chi connectivity index (χ0n) is 14.2. The summed E-state index contributed by atoms with van der Waals surface area (Å²) in [7, 11) is 0. The SMILES string of the molecule is CCC.Oc1ccccc1.Oc1ccccc1.Oc1ccccc1. The molecule has 0 aliphatic rings. The smallest absolute Gasteiger partial charge is 0.115 e. The molecule has 0 atom stereocenters. The van der Waals surface area contributed by atoms with Crippen LogP contribution < -0.4 is 0 Å². The van der Waals surface area contributed by atoms with Crippen LogP contribution in [0.1, 0.15) is 20.3 Å². The van der Waals surface area contributed by atoms with Gasteiger partial charge in [-0.25, -0.2) is 0 Å². The van der Waals surface area contributed by atoms with Crippen LogP contribution in [-0.2, 0) is 0 Å². The number of para-hydroxylation sites is 3. The van der Waals surface area contributed by atoms with Crippen LogP contribution in [0.25, 0.3) is 0 Å². The van der Waals surface area contributed by atoms with E-state index in [9.17, 15) is 0 Å². The number of aromatic hydroxyl groups is 3. The maximum absolute atomic E-state index is 8.63. The van der Waals surface area contributed by atoms with E-state index >= 15 is 0 Å².